The fraction of sp³-hybridized carbons (Fsp3) is 0.870. The molecule has 2 N–H and O–H groups in total. The number of aliphatic hydroxyl groups is 1. The molecule has 0 saturated heterocycles. The van der Waals surface area contributed by atoms with E-state index in [1.165, 1.54) is 6.42 Å². The summed E-state index contributed by atoms with van der Waals surface area (Å²) in [5.74, 6) is 1.46. The van der Waals surface area contributed by atoms with E-state index in [0.29, 0.717) is 24.3 Å². The lowest BCUT2D eigenvalue weighted by Crippen LogP contribution is -2.59. The van der Waals surface area contributed by atoms with Gasteiger partial charge in [-0.3, -0.25) is 4.79 Å². The van der Waals surface area contributed by atoms with Crippen LogP contribution in [0.25, 0.3) is 0 Å². The average Bonchev–Trinajstić information content (AvgIpc) is 2.83. The predicted octanol–water partition coefficient (Wildman–Crippen LogP) is 4.42. The van der Waals surface area contributed by atoms with Crippen LogP contribution in [-0.2, 0) is 9.84 Å². The molecule has 4 rings (SSSR count). The third-order valence-electron chi connectivity index (χ3n) is 9.84. The maximum atomic E-state index is 12.1. The topological polar surface area (TPSA) is 83.5 Å². The highest BCUT2D eigenvalue weighted by atomic mass is 32.2. The molecule has 0 aromatic carbocycles. The van der Waals surface area contributed by atoms with E-state index in [4.69, 9.17) is 0 Å². The van der Waals surface area contributed by atoms with Gasteiger partial charge in [-0.2, -0.15) is 0 Å². The first-order chi connectivity index (χ1) is 13.4. The second-order valence-corrected chi connectivity index (χ2v) is 13.1. The van der Waals surface area contributed by atoms with Gasteiger partial charge in [-0.25, -0.2) is 8.42 Å². The fourth-order valence-corrected chi connectivity index (χ4v) is 8.98. The molecule has 1 spiro atoms. The first-order valence-electron chi connectivity index (χ1n) is 11.3. The van der Waals surface area contributed by atoms with Crippen LogP contribution in [0.15, 0.2) is 12.0 Å². The molecule has 0 aromatic rings. The summed E-state index contributed by atoms with van der Waals surface area (Å²) in [5, 5.41) is 13.6. The van der Waals surface area contributed by atoms with E-state index in [1.54, 1.807) is 0 Å². The average molecular weight is 424 g/mol. The Morgan fingerprint density at radius 3 is 2.55 bits per heavy atom. The van der Waals surface area contributed by atoms with Crippen molar-refractivity contribution < 1.29 is 18.3 Å². The maximum absolute atomic E-state index is 12.1. The molecule has 4 fully saturated rings. The maximum Gasteiger partial charge on any atom is 0.340 e. The van der Waals surface area contributed by atoms with Crippen molar-refractivity contribution >= 4 is 15.1 Å². The number of nitrogens with one attached hydrogen (secondary N) is 1. The summed E-state index contributed by atoms with van der Waals surface area (Å²) in [7, 11) is -3.92. The molecule has 5 nitrogen and oxygen atoms in total. The smallest absolute Gasteiger partial charge is 0.340 e. The van der Waals surface area contributed by atoms with E-state index in [9.17, 15) is 18.3 Å². The van der Waals surface area contributed by atoms with Gasteiger partial charge in [-0.05, 0) is 85.4 Å². The first-order valence-corrected chi connectivity index (χ1v) is 12.8. The summed E-state index contributed by atoms with van der Waals surface area (Å²) >= 11 is 0. The van der Waals surface area contributed by atoms with Gasteiger partial charge >= 0.3 is 5.24 Å². The SMILES string of the molecule is C=CS(=O)(=O)C(=O)NC[C@]1(C)CCC[C@]2(C)C1CC[C@]13CC(C)[C@](O)(CCC12)C3. The van der Waals surface area contributed by atoms with Gasteiger partial charge in [0.15, 0.2) is 0 Å². The number of sulfone groups is 1. The van der Waals surface area contributed by atoms with Crippen molar-refractivity contribution in [2.75, 3.05) is 6.54 Å². The van der Waals surface area contributed by atoms with E-state index in [-0.39, 0.29) is 16.2 Å². The minimum atomic E-state index is -3.92. The highest BCUT2D eigenvalue weighted by Crippen LogP contribution is 2.72. The monoisotopic (exact) mass is 423 g/mol. The number of hydrogen-bond acceptors (Lipinski definition) is 4. The molecule has 0 aliphatic heterocycles. The van der Waals surface area contributed by atoms with Crippen molar-refractivity contribution in [2.24, 2.45) is 34.0 Å². The number of amides is 1. The van der Waals surface area contributed by atoms with E-state index in [1.807, 2.05) is 0 Å². The van der Waals surface area contributed by atoms with Gasteiger partial charge in [0.05, 0.1) is 5.60 Å². The highest BCUT2D eigenvalue weighted by molar-refractivity contribution is 8.08. The molecule has 6 heteroatoms. The quantitative estimate of drug-likeness (QED) is 0.704. The summed E-state index contributed by atoms with van der Waals surface area (Å²) in [6.45, 7) is 10.6. The van der Waals surface area contributed by atoms with Gasteiger partial charge in [0, 0.05) is 12.0 Å². The fourth-order valence-electron chi connectivity index (χ4n) is 8.56. The molecule has 2 bridgehead atoms. The minimum Gasteiger partial charge on any atom is -0.390 e. The van der Waals surface area contributed by atoms with Crippen LogP contribution in [-0.4, -0.2) is 30.9 Å². The molecule has 29 heavy (non-hydrogen) atoms. The van der Waals surface area contributed by atoms with Gasteiger partial charge in [0.2, 0.25) is 0 Å². The molecular weight excluding hydrogens is 386 g/mol. The molecule has 7 atom stereocenters. The molecule has 4 aliphatic rings. The lowest BCUT2D eigenvalue weighted by Gasteiger charge is -2.64. The standard InChI is InChI=1S/C23H37NO4S/c1-5-29(27,28)19(25)24-15-20(3)9-6-10-21(4)17(20)7-11-22-13-16(2)23(26,14-22)12-8-18(21)22/h5,16-18,26H,1,6-15H2,2-4H3,(H,24,25)/t16?,17?,18?,20-,21+,22+,23-/m0/s1. The highest BCUT2D eigenvalue weighted by Gasteiger charge is 2.67. The largest absolute Gasteiger partial charge is 0.390 e. The Kier molecular flexibility index (Phi) is 4.83. The third kappa shape index (κ3) is 3.03. The predicted molar refractivity (Wildman–Crippen MR) is 114 cm³/mol. The van der Waals surface area contributed by atoms with Gasteiger partial charge in [-0.15, -0.1) is 0 Å². The zero-order valence-electron chi connectivity index (χ0n) is 18.2. The van der Waals surface area contributed by atoms with Gasteiger partial charge < -0.3 is 10.4 Å². The summed E-state index contributed by atoms with van der Waals surface area (Å²) < 4.78 is 23.6. The zero-order valence-corrected chi connectivity index (χ0v) is 19.0. The van der Waals surface area contributed by atoms with Crippen molar-refractivity contribution in [3.63, 3.8) is 0 Å². The number of fused-ring (bicyclic) bond motifs is 3. The lowest BCUT2D eigenvalue weighted by atomic mass is 9.41. The Hall–Kier alpha value is -0.880. The van der Waals surface area contributed by atoms with Crippen LogP contribution < -0.4 is 5.32 Å². The van der Waals surface area contributed by atoms with Gasteiger partial charge in [-0.1, -0.05) is 33.8 Å². The van der Waals surface area contributed by atoms with Crippen LogP contribution in [0.4, 0.5) is 4.79 Å². The summed E-state index contributed by atoms with van der Waals surface area (Å²) in [5.41, 5.74) is -0.104. The number of carbonyl (C=O) groups is 1. The Bertz CT molecular complexity index is 825. The van der Waals surface area contributed by atoms with Crippen molar-refractivity contribution in [3.05, 3.63) is 12.0 Å². The van der Waals surface area contributed by atoms with E-state index >= 15 is 0 Å². The Morgan fingerprint density at radius 2 is 1.86 bits per heavy atom. The molecule has 0 heterocycles. The Balaban J connectivity index is 1.58. The van der Waals surface area contributed by atoms with Crippen molar-refractivity contribution in [2.45, 2.75) is 84.2 Å². The van der Waals surface area contributed by atoms with Crippen LogP contribution >= 0.6 is 0 Å². The molecular formula is C23H37NO4S. The number of carbonyl (C=O) groups excluding carboxylic acids is 1. The molecule has 4 saturated carbocycles. The Morgan fingerprint density at radius 1 is 1.17 bits per heavy atom. The first kappa shape index (κ1) is 21.4. The third-order valence-corrected chi connectivity index (χ3v) is 10.9. The summed E-state index contributed by atoms with van der Waals surface area (Å²) in [6, 6.07) is 0. The van der Waals surface area contributed by atoms with Crippen molar-refractivity contribution in [1.82, 2.24) is 5.32 Å². The van der Waals surface area contributed by atoms with E-state index in [2.05, 4.69) is 32.7 Å². The van der Waals surface area contributed by atoms with Crippen molar-refractivity contribution in [1.29, 1.82) is 0 Å². The zero-order chi connectivity index (χ0) is 21.3. The van der Waals surface area contributed by atoms with Crippen LogP contribution in [0.1, 0.15) is 78.6 Å². The van der Waals surface area contributed by atoms with Crippen LogP contribution in [0.5, 0.6) is 0 Å². The second-order valence-electron chi connectivity index (χ2n) is 11.3. The lowest BCUT2D eigenvalue weighted by molar-refractivity contribution is -0.163. The molecule has 164 valence electrons. The number of rotatable bonds is 3. The molecule has 4 aliphatic carbocycles. The van der Waals surface area contributed by atoms with Crippen LogP contribution in [0.3, 0.4) is 0 Å². The van der Waals surface area contributed by atoms with Crippen molar-refractivity contribution in [3.8, 4) is 0 Å². The van der Waals surface area contributed by atoms with Gasteiger partial charge in [0.1, 0.15) is 0 Å². The minimum absolute atomic E-state index is 0.0983. The summed E-state index contributed by atoms with van der Waals surface area (Å²) in [6.07, 6.45) is 9.69. The normalized spacial score (nSPS) is 49.0. The van der Waals surface area contributed by atoms with Crippen LogP contribution in [0.2, 0.25) is 0 Å². The number of hydrogen-bond donors (Lipinski definition) is 2. The van der Waals surface area contributed by atoms with Crippen LogP contribution in [0, 0.1) is 34.0 Å². The van der Waals surface area contributed by atoms with Gasteiger partial charge in [0.25, 0.3) is 9.84 Å². The second kappa shape index (κ2) is 6.56. The van der Waals surface area contributed by atoms with E-state index < -0.39 is 20.7 Å². The molecule has 0 aromatic heterocycles. The molecule has 1 amide bonds. The molecule has 3 unspecified atom stereocenters. The summed E-state index contributed by atoms with van der Waals surface area (Å²) in [4.78, 5) is 12.1. The Labute approximate surface area is 175 Å². The molecule has 0 radical (unpaired) electrons. The van der Waals surface area contributed by atoms with E-state index in [0.717, 1.165) is 56.8 Å².